The number of hydrogen-bond acceptors (Lipinski definition) is 4. The zero-order chi connectivity index (χ0) is 23.8. The number of benzene rings is 1. The van der Waals surface area contributed by atoms with Gasteiger partial charge in [0.25, 0.3) is 0 Å². The SMILES string of the molecule is CCCc1ccc(C[C@H](NC(=O)OC(C)(C)C)C(=O)N2CCCC[C@@H]2c2cccnc2)cc1. The number of aryl methyl sites for hydroxylation is 1. The van der Waals surface area contributed by atoms with E-state index in [1.807, 2.05) is 44.0 Å². The summed E-state index contributed by atoms with van der Waals surface area (Å²) in [6, 6.07) is 11.5. The Morgan fingerprint density at radius 2 is 1.88 bits per heavy atom. The van der Waals surface area contributed by atoms with Gasteiger partial charge in [-0.1, -0.05) is 43.7 Å². The number of carbonyl (C=O) groups is 2. The summed E-state index contributed by atoms with van der Waals surface area (Å²) in [4.78, 5) is 32.6. The van der Waals surface area contributed by atoms with Crippen molar-refractivity contribution in [3.05, 3.63) is 65.5 Å². The van der Waals surface area contributed by atoms with E-state index >= 15 is 0 Å². The number of nitrogens with one attached hydrogen (secondary N) is 1. The molecule has 0 unspecified atom stereocenters. The number of rotatable bonds is 7. The van der Waals surface area contributed by atoms with Gasteiger partial charge >= 0.3 is 6.09 Å². The normalized spacial score (nSPS) is 17.3. The van der Waals surface area contributed by atoms with Gasteiger partial charge in [-0.15, -0.1) is 0 Å². The highest BCUT2D eigenvalue weighted by atomic mass is 16.6. The Kier molecular flexibility index (Phi) is 8.48. The van der Waals surface area contributed by atoms with Crippen LogP contribution in [0.25, 0.3) is 0 Å². The van der Waals surface area contributed by atoms with Gasteiger partial charge in [-0.05, 0) is 69.2 Å². The minimum atomic E-state index is -0.700. The van der Waals surface area contributed by atoms with Crippen molar-refractivity contribution in [1.29, 1.82) is 0 Å². The Morgan fingerprint density at radius 3 is 2.52 bits per heavy atom. The Bertz CT molecular complexity index is 906. The van der Waals surface area contributed by atoms with Crippen molar-refractivity contribution < 1.29 is 14.3 Å². The standard InChI is InChI=1S/C27H37N3O3/c1-5-9-20-12-14-21(15-13-20)18-23(29-26(32)33-27(2,3)4)25(31)30-17-7-6-11-24(30)22-10-8-16-28-19-22/h8,10,12-16,19,23-24H,5-7,9,11,17-18H2,1-4H3,(H,29,32)/t23-,24+/m0/s1. The van der Waals surface area contributed by atoms with Crippen LogP contribution in [0.15, 0.2) is 48.8 Å². The number of hydrogen-bond donors (Lipinski definition) is 1. The highest BCUT2D eigenvalue weighted by molar-refractivity contribution is 5.86. The van der Waals surface area contributed by atoms with E-state index in [9.17, 15) is 9.59 Å². The molecule has 0 saturated carbocycles. The molecule has 0 spiro atoms. The summed E-state index contributed by atoms with van der Waals surface area (Å²) in [5, 5.41) is 2.86. The van der Waals surface area contributed by atoms with Crippen molar-refractivity contribution in [2.24, 2.45) is 0 Å². The Hall–Kier alpha value is -2.89. The van der Waals surface area contributed by atoms with E-state index in [1.54, 1.807) is 6.20 Å². The number of nitrogens with zero attached hydrogens (tertiary/aromatic N) is 2. The molecule has 2 aromatic rings. The van der Waals surface area contributed by atoms with Gasteiger partial charge in [-0.3, -0.25) is 9.78 Å². The van der Waals surface area contributed by atoms with Gasteiger partial charge in [0.2, 0.25) is 5.91 Å². The smallest absolute Gasteiger partial charge is 0.408 e. The molecular formula is C27H37N3O3. The lowest BCUT2D eigenvalue weighted by molar-refractivity contribution is -0.137. The summed E-state index contributed by atoms with van der Waals surface area (Å²) in [6.07, 6.45) is 8.44. The Balaban J connectivity index is 1.83. The summed E-state index contributed by atoms with van der Waals surface area (Å²) in [6.45, 7) is 8.28. The quantitative estimate of drug-likeness (QED) is 0.626. The van der Waals surface area contributed by atoms with E-state index in [0.717, 1.165) is 43.2 Å². The lowest BCUT2D eigenvalue weighted by atomic mass is 9.94. The maximum absolute atomic E-state index is 13.8. The number of ether oxygens (including phenoxy) is 1. The molecule has 1 aromatic carbocycles. The summed E-state index contributed by atoms with van der Waals surface area (Å²) in [5.74, 6) is -0.0768. The monoisotopic (exact) mass is 451 g/mol. The molecule has 2 atom stereocenters. The van der Waals surface area contributed by atoms with E-state index in [4.69, 9.17) is 4.74 Å². The van der Waals surface area contributed by atoms with Crippen LogP contribution in [0.1, 0.15) is 76.1 Å². The van der Waals surface area contributed by atoms with Crippen LogP contribution < -0.4 is 5.32 Å². The van der Waals surface area contributed by atoms with E-state index < -0.39 is 17.7 Å². The third-order valence-electron chi connectivity index (χ3n) is 5.85. The topological polar surface area (TPSA) is 71.5 Å². The van der Waals surface area contributed by atoms with Crippen LogP contribution >= 0.6 is 0 Å². The van der Waals surface area contributed by atoms with Crippen LogP contribution in [0.3, 0.4) is 0 Å². The van der Waals surface area contributed by atoms with Gasteiger partial charge in [0.1, 0.15) is 11.6 Å². The Labute approximate surface area is 197 Å². The fourth-order valence-corrected chi connectivity index (χ4v) is 4.33. The number of amides is 2. The van der Waals surface area contributed by atoms with Gasteiger partial charge in [-0.2, -0.15) is 0 Å². The van der Waals surface area contributed by atoms with Gasteiger partial charge in [-0.25, -0.2) is 4.79 Å². The van der Waals surface area contributed by atoms with E-state index in [0.29, 0.717) is 13.0 Å². The highest BCUT2D eigenvalue weighted by Crippen LogP contribution is 2.31. The van der Waals surface area contributed by atoms with Crippen LogP contribution in [0, 0.1) is 0 Å². The second-order valence-corrected chi connectivity index (χ2v) is 9.80. The molecular weight excluding hydrogens is 414 g/mol. The van der Waals surface area contributed by atoms with E-state index in [2.05, 4.69) is 41.5 Å². The van der Waals surface area contributed by atoms with Gasteiger partial charge in [0, 0.05) is 25.4 Å². The maximum atomic E-state index is 13.8. The summed E-state index contributed by atoms with van der Waals surface area (Å²) < 4.78 is 5.48. The third-order valence-corrected chi connectivity index (χ3v) is 5.85. The Morgan fingerprint density at radius 1 is 1.15 bits per heavy atom. The first-order valence-electron chi connectivity index (χ1n) is 12.0. The number of pyridine rings is 1. The average molecular weight is 452 g/mol. The first-order chi connectivity index (χ1) is 15.8. The molecule has 6 heteroatoms. The summed E-state index contributed by atoms with van der Waals surface area (Å²) >= 11 is 0. The highest BCUT2D eigenvalue weighted by Gasteiger charge is 2.34. The molecule has 2 amide bonds. The van der Waals surface area contributed by atoms with Gasteiger partial charge < -0.3 is 15.0 Å². The predicted octanol–water partition coefficient (Wildman–Crippen LogP) is 5.22. The predicted molar refractivity (Wildman–Crippen MR) is 130 cm³/mol. The van der Waals surface area contributed by atoms with Crippen LogP contribution in [0.2, 0.25) is 0 Å². The summed E-state index contributed by atoms with van der Waals surface area (Å²) in [7, 11) is 0. The maximum Gasteiger partial charge on any atom is 0.408 e. The van der Waals surface area contributed by atoms with Gasteiger partial charge in [0.15, 0.2) is 0 Å². The number of carbonyl (C=O) groups excluding carboxylic acids is 2. The third kappa shape index (κ3) is 7.31. The zero-order valence-electron chi connectivity index (χ0n) is 20.3. The van der Waals surface area contributed by atoms with Crippen LogP contribution in [0.5, 0.6) is 0 Å². The summed E-state index contributed by atoms with van der Waals surface area (Å²) in [5.41, 5.74) is 2.68. The number of piperidine rings is 1. The second-order valence-electron chi connectivity index (χ2n) is 9.80. The molecule has 0 aliphatic carbocycles. The first kappa shape index (κ1) is 24.7. The van der Waals surface area contributed by atoms with Crippen LogP contribution in [0.4, 0.5) is 4.79 Å². The number of alkyl carbamates (subject to hydrolysis) is 1. The number of likely N-dealkylation sites (tertiary alicyclic amines) is 1. The molecule has 1 N–H and O–H groups in total. The molecule has 33 heavy (non-hydrogen) atoms. The molecule has 1 fully saturated rings. The second kappa shape index (κ2) is 11.3. The van der Waals surface area contributed by atoms with Crippen molar-refractivity contribution in [3.8, 4) is 0 Å². The fraction of sp³-hybridized carbons (Fsp3) is 0.519. The largest absolute Gasteiger partial charge is 0.444 e. The molecule has 1 aliphatic rings. The molecule has 2 heterocycles. The molecule has 1 saturated heterocycles. The molecule has 0 bridgehead atoms. The van der Waals surface area contributed by atoms with Crippen molar-refractivity contribution in [2.45, 2.75) is 83.9 Å². The minimum Gasteiger partial charge on any atom is -0.444 e. The fourth-order valence-electron chi connectivity index (χ4n) is 4.33. The lowest BCUT2D eigenvalue weighted by Crippen LogP contribution is -2.52. The minimum absolute atomic E-state index is 0.0326. The molecule has 1 aliphatic heterocycles. The molecule has 178 valence electrons. The first-order valence-corrected chi connectivity index (χ1v) is 12.0. The van der Waals surface area contributed by atoms with Crippen molar-refractivity contribution in [1.82, 2.24) is 15.2 Å². The van der Waals surface area contributed by atoms with E-state index in [1.165, 1.54) is 5.56 Å². The molecule has 6 nitrogen and oxygen atoms in total. The van der Waals surface area contributed by atoms with Crippen LogP contribution in [-0.4, -0.2) is 40.1 Å². The van der Waals surface area contributed by atoms with E-state index in [-0.39, 0.29) is 11.9 Å². The van der Waals surface area contributed by atoms with Crippen molar-refractivity contribution in [3.63, 3.8) is 0 Å². The van der Waals surface area contributed by atoms with Crippen molar-refractivity contribution in [2.75, 3.05) is 6.54 Å². The molecule has 0 radical (unpaired) electrons. The molecule has 1 aromatic heterocycles. The van der Waals surface area contributed by atoms with Crippen molar-refractivity contribution >= 4 is 12.0 Å². The zero-order valence-corrected chi connectivity index (χ0v) is 20.3. The van der Waals surface area contributed by atoms with Gasteiger partial charge in [0.05, 0.1) is 6.04 Å². The lowest BCUT2D eigenvalue weighted by Gasteiger charge is -2.38. The molecule has 3 rings (SSSR count). The van der Waals surface area contributed by atoms with Crippen LogP contribution in [-0.2, 0) is 22.4 Å². The average Bonchev–Trinajstić information content (AvgIpc) is 2.79. The number of aromatic nitrogens is 1.